The van der Waals surface area contributed by atoms with E-state index in [4.69, 9.17) is 0 Å². The molecule has 0 aliphatic carbocycles. The van der Waals surface area contributed by atoms with Crippen LogP contribution in [0.2, 0.25) is 0 Å². The van der Waals surface area contributed by atoms with Gasteiger partial charge in [0.2, 0.25) is 11.6 Å². The minimum Gasteiger partial charge on any atom is -0.375 e. The Bertz CT molecular complexity index is 558. The Morgan fingerprint density at radius 1 is 1.17 bits per heavy atom. The summed E-state index contributed by atoms with van der Waals surface area (Å²) in [5.41, 5.74) is 1.38. The van der Waals surface area contributed by atoms with E-state index in [0.29, 0.717) is 10.6 Å². The molecule has 0 spiro atoms. The summed E-state index contributed by atoms with van der Waals surface area (Å²) in [6.45, 7) is 1.74. The van der Waals surface area contributed by atoms with Crippen LogP contribution in [0, 0.1) is 30.5 Å². The van der Waals surface area contributed by atoms with Crippen molar-refractivity contribution in [2.75, 3.05) is 5.32 Å². The largest absolute Gasteiger partial charge is 0.375 e. The molecule has 0 saturated heterocycles. The highest BCUT2D eigenvalue weighted by Gasteiger charge is 2.20. The van der Waals surface area contributed by atoms with E-state index in [1.54, 1.807) is 12.4 Å². The normalized spacial score (nSPS) is 10.7. The number of nitrogens with one attached hydrogen (secondary N) is 1. The fourth-order valence-corrected chi connectivity index (χ4v) is 2.02. The first-order chi connectivity index (χ1) is 8.50. The number of aryl methyl sites for hydroxylation is 1. The predicted molar refractivity (Wildman–Crippen MR) is 58.2 cm³/mol. The van der Waals surface area contributed by atoms with Crippen LogP contribution in [0.4, 0.5) is 23.2 Å². The zero-order chi connectivity index (χ0) is 13.3. The van der Waals surface area contributed by atoms with Gasteiger partial charge < -0.3 is 5.32 Å². The number of nitrogens with zero attached hydrogens (tertiary/aromatic N) is 2. The van der Waals surface area contributed by atoms with E-state index in [0.717, 1.165) is 0 Å². The van der Waals surface area contributed by atoms with Crippen molar-refractivity contribution in [3.8, 4) is 0 Å². The molecule has 0 atom stereocenters. The van der Waals surface area contributed by atoms with Crippen molar-refractivity contribution in [1.29, 1.82) is 0 Å². The molecule has 2 aromatic heterocycles. The zero-order valence-electron chi connectivity index (χ0n) is 9.10. The highest BCUT2D eigenvalue weighted by atomic mass is 32.1. The van der Waals surface area contributed by atoms with E-state index in [2.05, 4.69) is 15.3 Å². The van der Waals surface area contributed by atoms with E-state index < -0.39 is 29.2 Å². The maximum absolute atomic E-state index is 13.3. The molecule has 18 heavy (non-hydrogen) atoms. The second kappa shape index (κ2) is 4.89. The average molecular weight is 277 g/mol. The number of aromatic nitrogens is 2. The Labute approximate surface area is 104 Å². The maximum atomic E-state index is 13.3. The molecule has 0 aliphatic rings. The molecule has 2 aromatic rings. The van der Waals surface area contributed by atoms with Crippen LogP contribution >= 0.6 is 11.3 Å². The maximum Gasteiger partial charge on any atom is 0.253 e. The summed E-state index contributed by atoms with van der Waals surface area (Å²) >= 11 is 1.27. The number of anilines is 1. The second-order valence-corrected chi connectivity index (χ2v) is 4.35. The van der Waals surface area contributed by atoms with Crippen LogP contribution < -0.4 is 5.32 Å². The van der Waals surface area contributed by atoms with Crippen molar-refractivity contribution in [1.82, 2.24) is 9.97 Å². The van der Waals surface area contributed by atoms with Gasteiger partial charge in [-0.25, -0.2) is 4.98 Å². The second-order valence-electron chi connectivity index (χ2n) is 3.41. The smallest absolute Gasteiger partial charge is 0.253 e. The van der Waals surface area contributed by atoms with Crippen LogP contribution in [0.15, 0.2) is 5.51 Å². The van der Waals surface area contributed by atoms with Crippen molar-refractivity contribution >= 4 is 17.0 Å². The van der Waals surface area contributed by atoms with Crippen molar-refractivity contribution in [3.05, 3.63) is 39.6 Å². The van der Waals surface area contributed by atoms with Gasteiger partial charge in [0.15, 0.2) is 0 Å². The van der Waals surface area contributed by atoms with Gasteiger partial charge in [-0.1, -0.05) is 0 Å². The van der Waals surface area contributed by atoms with Gasteiger partial charge in [0.25, 0.3) is 11.9 Å². The molecule has 0 aliphatic heterocycles. The Kier molecular flexibility index (Phi) is 3.46. The van der Waals surface area contributed by atoms with Gasteiger partial charge in [-0.05, 0) is 6.92 Å². The molecule has 2 rings (SSSR count). The molecule has 96 valence electrons. The SMILES string of the molecule is Cc1ncsc1CNc1c(F)c(F)nc(F)c1F. The van der Waals surface area contributed by atoms with Crippen LogP contribution in [-0.2, 0) is 6.54 Å². The summed E-state index contributed by atoms with van der Waals surface area (Å²) in [6.07, 6.45) is 0. The van der Waals surface area contributed by atoms with Crippen LogP contribution in [0.3, 0.4) is 0 Å². The third kappa shape index (κ3) is 2.28. The van der Waals surface area contributed by atoms with Crippen molar-refractivity contribution in [2.45, 2.75) is 13.5 Å². The lowest BCUT2D eigenvalue weighted by molar-refractivity contribution is 0.410. The molecule has 8 heteroatoms. The van der Waals surface area contributed by atoms with E-state index in [-0.39, 0.29) is 6.54 Å². The lowest BCUT2D eigenvalue weighted by Gasteiger charge is -2.08. The molecule has 0 aromatic carbocycles. The summed E-state index contributed by atoms with van der Waals surface area (Å²) in [6, 6.07) is 0. The van der Waals surface area contributed by atoms with Gasteiger partial charge in [-0.3, -0.25) is 0 Å². The number of hydrogen-bond donors (Lipinski definition) is 1. The number of pyridine rings is 1. The van der Waals surface area contributed by atoms with E-state index >= 15 is 0 Å². The van der Waals surface area contributed by atoms with Gasteiger partial charge >= 0.3 is 0 Å². The number of thiazole rings is 1. The molecular formula is C10H7F4N3S. The fraction of sp³-hybridized carbons (Fsp3) is 0.200. The molecule has 3 nitrogen and oxygen atoms in total. The lowest BCUT2D eigenvalue weighted by atomic mass is 10.3. The minimum atomic E-state index is -1.68. The summed E-state index contributed by atoms with van der Waals surface area (Å²) in [5, 5.41) is 2.31. The predicted octanol–water partition coefficient (Wildman–Crippen LogP) is 3.02. The first-order valence-electron chi connectivity index (χ1n) is 4.83. The van der Waals surface area contributed by atoms with E-state index in [1.807, 2.05) is 0 Å². The van der Waals surface area contributed by atoms with Crippen molar-refractivity contribution in [2.24, 2.45) is 0 Å². The highest BCUT2D eigenvalue weighted by Crippen LogP contribution is 2.23. The van der Waals surface area contributed by atoms with Gasteiger partial charge in [0.05, 0.1) is 17.7 Å². The number of halogens is 4. The van der Waals surface area contributed by atoms with Crippen LogP contribution in [0.5, 0.6) is 0 Å². The molecule has 1 N–H and O–H groups in total. The van der Waals surface area contributed by atoms with Crippen molar-refractivity contribution < 1.29 is 17.6 Å². The molecule has 0 fully saturated rings. The molecule has 0 unspecified atom stereocenters. The molecule has 0 amide bonds. The van der Waals surface area contributed by atoms with E-state index in [1.165, 1.54) is 11.3 Å². The van der Waals surface area contributed by atoms with Gasteiger partial charge in [0, 0.05) is 4.88 Å². The Balaban J connectivity index is 2.27. The Hall–Kier alpha value is -1.70. The fourth-order valence-electron chi connectivity index (χ4n) is 1.31. The molecule has 0 bridgehead atoms. The summed E-state index contributed by atoms with van der Waals surface area (Å²) in [7, 11) is 0. The standard InChI is InChI=1S/C10H7F4N3S/c1-4-5(18-3-16-4)2-15-8-6(11)9(13)17-10(14)7(8)12/h3H,2H2,1H3,(H,15,17). The van der Waals surface area contributed by atoms with Crippen LogP contribution in [0.1, 0.15) is 10.6 Å². The topological polar surface area (TPSA) is 37.8 Å². The highest BCUT2D eigenvalue weighted by molar-refractivity contribution is 7.09. The lowest BCUT2D eigenvalue weighted by Crippen LogP contribution is -2.09. The quantitative estimate of drug-likeness (QED) is 0.692. The first-order valence-corrected chi connectivity index (χ1v) is 5.71. The molecule has 2 heterocycles. The van der Waals surface area contributed by atoms with Gasteiger partial charge in [-0.15, -0.1) is 11.3 Å². The molecular weight excluding hydrogens is 270 g/mol. The minimum absolute atomic E-state index is 0.0211. The third-order valence-electron chi connectivity index (χ3n) is 2.27. The zero-order valence-corrected chi connectivity index (χ0v) is 9.92. The van der Waals surface area contributed by atoms with Crippen molar-refractivity contribution in [3.63, 3.8) is 0 Å². The summed E-state index contributed by atoms with van der Waals surface area (Å²) in [4.78, 5) is 7.12. The van der Waals surface area contributed by atoms with Crippen LogP contribution in [-0.4, -0.2) is 9.97 Å². The Morgan fingerprint density at radius 2 is 1.78 bits per heavy atom. The monoisotopic (exact) mass is 277 g/mol. The van der Waals surface area contributed by atoms with Gasteiger partial charge in [-0.2, -0.15) is 22.5 Å². The number of rotatable bonds is 3. The Morgan fingerprint density at radius 3 is 2.28 bits per heavy atom. The van der Waals surface area contributed by atoms with E-state index in [9.17, 15) is 17.6 Å². The number of hydrogen-bond acceptors (Lipinski definition) is 4. The van der Waals surface area contributed by atoms with Gasteiger partial charge in [0.1, 0.15) is 5.69 Å². The first kappa shape index (κ1) is 12.7. The summed E-state index contributed by atoms with van der Waals surface area (Å²) < 4.78 is 52.2. The van der Waals surface area contributed by atoms with Crippen LogP contribution in [0.25, 0.3) is 0 Å². The molecule has 0 radical (unpaired) electrons. The third-order valence-corrected chi connectivity index (χ3v) is 3.20. The molecule has 0 saturated carbocycles. The summed E-state index contributed by atoms with van der Waals surface area (Å²) in [5.74, 6) is -6.46. The average Bonchev–Trinajstić information content (AvgIpc) is 2.73.